The third kappa shape index (κ3) is 8.17. The standard InChI is InChI=1S/C44H54N2O6S/c1-28(2)45-42(49)46(26-32-15-17-34(51-5)25-38(32)52-6)27-44(50)21-19-37-35-18-14-30(22-33(47)16-13-29(3)10-9-20-43(37,44)4)23-36(35)41(48)40-24-31-11-7-8-12-39(31)53-40/h7-8,10-12,14-15,17-18,23-25,28,33,37,47,50H,9,13,16,19-22,26-27H2,1-6H3,(H,45,49). The molecule has 4 unspecified atom stereocenters. The van der Waals surface area contributed by atoms with Crippen LogP contribution in [0, 0.1) is 5.41 Å². The Labute approximate surface area is 317 Å². The summed E-state index contributed by atoms with van der Waals surface area (Å²) < 4.78 is 12.2. The molecule has 2 bridgehead atoms. The lowest BCUT2D eigenvalue weighted by molar-refractivity contribution is -0.0781. The van der Waals surface area contributed by atoms with E-state index >= 15 is 0 Å². The molecule has 0 radical (unpaired) electrons. The van der Waals surface area contributed by atoms with E-state index in [1.807, 2.05) is 68.4 Å². The average Bonchev–Trinajstić information content (AvgIpc) is 3.68. The minimum absolute atomic E-state index is 0.0392. The van der Waals surface area contributed by atoms with Gasteiger partial charge in [-0.2, -0.15) is 0 Å². The Morgan fingerprint density at radius 3 is 2.55 bits per heavy atom. The van der Waals surface area contributed by atoms with Gasteiger partial charge in [0, 0.05) is 33.4 Å². The molecule has 0 aliphatic heterocycles. The van der Waals surface area contributed by atoms with Crippen molar-refractivity contribution < 1.29 is 29.3 Å². The van der Waals surface area contributed by atoms with Crippen molar-refractivity contribution in [2.75, 3.05) is 20.8 Å². The Morgan fingerprint density at radius 2 is 1.81 bits per heavy atom. The van der Waals surface area contributed by atoms with Crippen molar-refractivity contribution in [3.05, 3.63) is 106 Å². The summed E-state index contributed by atoms with van der Waals surface area (Å²) >= 11 is 1.50. The zero-order valence-corrected chi connectivity index (χ0v) is 32.7. The molecule has 1 fully saturated rings. The number of rotatable bonds is 9. The Bertz CT molecular complexity index is 1950. The van der Waals surface area contributed by atoms with Crippen molar-refractivity contribution in [3.63, 3.8) is 0 Å². The first kappa shape index (κ1) is 38.5. The van der Waals surface area contributed by atoms with Crippen LogP contribution in [0.3, 0.4) is 0 Å². The Balaban J connectivity index is 1.44. The molecule has 4 atom stereocenters. The molecule has 3 N–H and O–H groups in total. The number of methoxy groups -OCH3 is 2. The van der Waals surface area contributed by atoms with E-state index in [2.05, 4.69) is 31.3 Å². The van der Waals surface area contributed by atoms with Crippen LogP contribution in [-0.2, 0) is 13.0 Å². The molecule has 3 aliphatic rings. The SMILES string of the molecule is COc1ccc(CN(CC2(O)CCC3c4ccc(cc4C(=O)c4cc5ccccc5s4)CC(O)CCC(C)=CCCC32C)C(=O)NC(C)C)c(OC)c1. The highest BCUT2D eigenvalue weighted by Crippen LogP contribution is 2.59. The molecule has 3 aromatic carbocycles. The van der Waals surface area contributed by atoms with Crippen molar-refractivity contribution in [1.82, 2.24) is 10.2 Å². The van der Waals surface area contributed by atoms with Gasteiger partial charge in [0.25, 0.3) is 0 Å². The molecule has 282 valence electrons. The number of aliphatic hydroxyl groups is 2. The van der Waals surface area contributed by atoms with Crippen LogP contribution in [-0.4, -0.2) is 65.4 Å². The summed E-state index contributed by atoms with van der Waals surface area (Å²) in [5.74, 6) is 1.05. The third-order valence-corrected chi connectivity index (χ3v) is 12.7. The number of aliphatic hydroxyl groups excluding tert-OH is 1. The van der Waals surface area contributed by atoms with Gasteiger partial charge in [-0.3, -0.25) is 4.79 Å². The van der Waals surface area contributed by atoms with E-state index in [9.17, 15) is 19.8 Å². The van der Waals surface area contributed by atoms with Crippen LogP contribution in [0.2, 0.25) is 0 Å². The molecule has 9 heteroatoms. The molecular formula is C44H54N2O6S. The van der Waals surface area contributed by atoms with Gasteiger partial charge in [-0.1, -0.05) is 48.9 Å². The maximum atomic E-state index is 14.6. The molecule has 8 nitrogen and oxygen atoms in total. The van der Waals surface area contributed by atoms with Crippen molar-refractivity contribution in [2.24, 2.45) is 5.41 Å². The summed E-state index contributed by atoms with van der Waals surface area (Å²) in [5.41, 5.74) is 2.49. The van der Waals surface area contributed by atoms with E-state index < -0.39 is 17.1 Å². The quantitative estimate of drug-likeness (QED) is 0.117. The number of hydrogen-bond donors (Lipinski definition) is 3. The van der Waals surface area contributed by atoms with Gasteiger partial charge >= 0.3 is 6.03 Å². The van der Waals surface area contributed by atoms with Gasteiger partial charge in [0.15, 0.2) is 0 Å². The number of ketones is 1. The molecule has 2 amide bonds. The van der Waals surface area contributed by atoms with Gasteiger partial charge in [-0.15, -0.1) is 11.3 Å². The van der Waals surface area contributed by atoms with E-state index in [0.717, 1.165) is 39.6 Å². The molecule has 4 aromatic rings. The molecule has 53 heavy (non-hydrogen) atoms. The highest BCUT2D eigenvalue weighted by Gasteiger charge is 2.57. The number of thiophene rings is 1. The number of carbonyl (C=O) groups excluding carboxylic acids is 2. The topological polar surface area (TPSA) is 108 Å². The summed E-state index contributed by atoms with van der Waals surface area (Å²) in [4.78, 5) is 31.0. The Kier molecular flexibility index (Phi) is 11.7. The van der Waals surface area contributed by atoms with Crippen LogP contribution >= 0.6 is 11.3 Å². The van der Waals surface area contributed by atoms with E-state index in [1.165, 1.54) is 16.9 Å². The maximum absolute atomic E-state index is 14.6. The molecule has 7 rings (SSSR count). The van der Waals surface area contributed by atoms with Crippen LogP contribution in [0.4, 0.5) is 4.79 Å². The number of carbonyl (C=O) groups is 2. The molecule has 1 heterocycles. The van der Waals surface area contributed by atoms with E-state index in [-0.39, 0.29) is 36.9 Å². The van der Waals surface area contributed by atoms with E-state index in [0.29, 0.717) is 54.0 Å². The third-order valence-electron chi connectivity index (χ3n) is 11.6. The Hall–Kier alpha value is -4.18. The zero-order valence-electron chi connectivity index (χ0n) is 31.9. The number of fused-ring (bicyclic) bond motifs is 9. The van der Waals surface area contributed by atoms with Gasteiger partial charge in [0.05, 0.1) is 43.9 Å². The van der Waals surface area contributed by atoms with Crippen molar-refractivity contribution in [1.29, 1.82) is 0 Å². The Morgan fingerprint density at radius 1 is 1.02 bits per heavy atom. The largest absolute Gasteiger partial charge is 0.497 e. The summed E-state index contributed by atoms with van der Waals surface area (Å²) in [7, 11) is 3.20. The highest BCUT2D eigenvalue weighted by atomic mass is 32.1. The number of ether oxygens (including phenoxy) is 2. The molecule has 1 aromatic heterocycles. The van der Waals surface area contributed by atoms with Crippen LogP contribution < -0.4 is 14.8 Å². The van der Waals surface area contributed by atoms with Crippen molar-refractivity contribution >= 4 is 33.2 Å². The summed E-state index contributed by atoms with van der Waals surface area (Å²) in [5, 5.41) is 28.2. The minimum Gasteiger partial charge on any atom is -0.497 e. The second-order valence-corrected chi connectivity index (χ2v) is 16.6. The van der Waals surface area contributed by atoms with Gasteiger partial charge in [-0.25, -0.2) is 4.79 Å². The number of urea groups is 1. The van der Waals surface area contributed by atoms with Crippen LogP contribution in [0.15, 0.2) is 78.4 Å². The van der Waals surface area contributed by atoms with Gasteiger partial charge < -0.3 is 29.9 Å². The summed E-state index contributed by atoms with van der Waals surface area (Å²) in [6.45, 7) is 8.43. The van der Waals surface area contributed by atoms with Crippen molar-refractivity contribution in [2.45, 2.75) is 103 Å². The maximum Gasteiger partial charge on any atom is 0.317 e. The van der Waals surface area contributed by atoms with Crippen molar-refractivity contribution in [3.8, 4) is 11.5 Å². The first-order valence-corrected chi connectivity index (χ1v) is 19.6. The van der Waals surface area contributed by atoms with Crippen LogP contribution in [0.5, 0.6) is 11.5 Å². The fourth-order valence-corrected chi connectivity index (χ4v) is 9.48. The average molecular weight is 739 g/mol. The fourth-order valence-electron chi connectivity index (χ4n) is 8.46. The summed E-state index contributed by atoms with van der Waals surface area (Å²) in [6.07, 6.45) is 6.04. The van der Waals surface area contributed by atoms with Gasteiger partial charge in [-0.05, 0) is 118 Å². The van der Waals surface area contributed by atoms with Gasteiger partial charge in [0.2, 0.25) is 5.78 Å². The highest BCUT2D eigenvalue weighted by molar-refractivity contribution is 7.21. The molecule has 1 saturated carbocycles. The van der Waals surface area contributed by atoms with Crippen LogP contribution in [0.1, 0.15) is 104 Å². The number of amides is 2. The number of hydrogen-bond acceptors (Lipinski definition) is 7. The fraction of sp³-hybridized carbons (Fsp3) is 0.455. The first-order valence-electron chi connectivity index (χ1n) is 18.8. The second kappa shape index (κ2) is 16.0. The molecule has 3 aliphatic carbocycles. The second-order valence-electron chi connectivity index (χ2n) is 15.6. The van der Waals surface area contributed by atoms with E-state index in [4.69, 9.17) is 9.47 Å². The molecule has 0 saturated heterocycles. The smallest absolute Gasteiger partial charge is 0.317 e. The first-order chi connectivity index (χ1) is 25.3. The predicted octanol–water partition coefficient (Wildman–Crippen LogP) is 8.81. The van der Waals surface area contributed by atoms with Gasteiger partial charge in [0.1, 0.15) is 11.5 Å². The number of benzene rings is 3. The number of nitrogens with zero attached hydrogens (tertiary/aromatic N) is 1. The number of nitrogens with one attached hydrogen (secondary N) is 1. The van der Waals surface area contributed by atoms with E-state index in [1.54, 1.807) is 25.2 Å². The normalized spacial score (nSPS) is 23.3. The monoisotopic (exact) mass is 738 g/mol. The minimum atomic E-state index is -1.28. The lowest BCUT2D eigenvalue weighted by atomic mass is 9.64. The van der Waals surface area contributed by atoms with Crippen LogP contribution in [0.25, 0.3) is 10.1 Å². The lowest BCUT2D eigenvalue weighted by Gasteiger charge is -2.46. The lowest BCUT2D eigenvalue weighted by Crippen LogP contribution is -2.55. The predicted molar refractivity (Wildman–Crippen MR) is 212 cm³/mol. The zero-order chi connectivity index (χ0) is 37.9. The summed E-state index contributed by atoms with van der Waals surface area (Å²) in [6, 6.07) is 21.3. The number of allylic oxidation sites excluding steroid dienone is 2. The molecular weight excluding hydrogens is 685 g/mol. The molecule has 0 spiro atoms.